The fraction of sp³-hybridized carbons (Fsp3) is 0.200. The molecule has 0 saturated carbocycles. The van der Waals surface area contributed by atoms with Crippen molar-refractivity contribution in [3.63, 3.8) is 0 Å². The van der Waals surface area contributed by atoms with Crippen LogP contribution in [0.4, 0.5) is 5.69 Å². The van der Waals surface area contributed by atoms with Crippen molar-refractivity contribution in [2.75, 3.05) is 5.32 Å². The van der Waals surface area contributed by atoms with Gasteiger partial charge in [0.15, 0.2) is 0 Å². The number of benzene rings is 1. The number of nitrogens with zero attached hydrogens (tertiary/aromatic N) is 6. The van der Waals surface area contributed by atoms with Crippen LogP contribution in [-0.2, 0) is 11.3 Å². The van der Waals surface area contributed by atoms with Crippen LogP contribution in [0.3, 0.4) is 0 Å². The van der Waals surface area contributed by atoms with Gasteiger partial charge in [0.05, 0.1) is 41.0 Å². The first kappa shape index (κ1) is 18.5. The maximum Gasteiger partial charge on any atom is 0.261 e. The first-order valence-electron chi connectivity index (χ1n) is 9.03. The Morgan fingerprint density at radius 3 is 2.48 bits per heavy atom. The van der Waals surface area contributed by atoms with Crippen molar-refractivity contribution in [3.05, 3.63) is 70.6 Å². The zero-order valence-electron chi connectivity index (χ0n) is 16.2. The van der Waals surface area contributed by atoms with E-state index in [4.69, 9.17) is 0 Å². The van der Waals surface area contributed by atoms with E-state index in [1.165, 1.54) is 23.3 Å². The van der Waals surface area contributed by atoms with Crippen molar-refractivity contribution in [1.29, 1.82) is 0 Å². The number of imidazole rings is 1. The van der Waals surface area contributed by atoms with Crippen molar-refractivity contribution in [3.8, 4) is 5.95 Å². The molecule has 0 aliphatic rings. The Bertz CT molecular complexity index is 1270. The summed E-state index contributed by atoms with van der Waals surface area (Å²) in [7, 11) is 0. The summed E-state index contributed by atoms with van der Waals surface area (Å²) in [6, 6.07) is 7.02. The number of fused-ring (bicyclic) bond motifs is 1. The lowest BCUT2D eigenvalue weighted by atomic mass is 10.2. The molecule has 1 aromatic carbocycles. The first-order chi connectivity index (χ1) is 13.9. The van der Waals surface area contributed by atoms with Crippen LogP contribution in [0.2, 0.25) is 0 Å². The molecule has 9 nitrogen and oxygen atoms in total. The van der Waals surface area contributed by atoms with Crippen molar-refractivity contribution in [2.24, 2.45) is 0 Å². The second-order valence-corrected chi connectivity index (χ2v) is 6.68. The summed E-state index contributed by atoms with van der Waals surface area (Å²) >= 11 is 0. The molecular formula is C20H19N7O2. The standard InChI is InChI=1S/C20H19N7O2/c1-12-13(2)27(14(3)24-12)20-21-8-15(9-22-20)25-18(28)10-26-11-23-17-7-5-4-6-16(17)19(26)29/h4-9,11H,10H2,1-3H3,(H,25,28). The van der Waals surface area contributed by atoms with Crippen LogP contribution in [0.25, 0.3) is 16.9 Å². The zero-order chi connectivity index (χ0) is 20.5. The van der Waals surface area contributed by atoms with Gasteiger partial charge < -0.3 is 5.32 Å². The third-order valence-corrected chi connectivity index (χ3v) is 4.68. The number of amides is 1. The molecule has 1 N–H and O–H groups in total. The van der Waals surface area contributed by atoms with E-state index in [1.54, 1.807) is 18.2 Å². The molecular weight excluding hydrogens is 370 g/mol. The van der Waals surface area contributed by atoms with Crippen LogP contribution in [0.1, 0.15) is 17.2 Å². The van der Waals surface area contributed by atoms with Gasteiger partial charge in [0.2, 0.25) is 11.9 Å². The minimum Gasteiger partial charge on any atom is -0.322 e. The molecule has 0 bridgehead atoms. The SMILES string of the molecule is Cc1nc(C)n(-c2ncc(NC(=O)Cn3cnc4ccccc4c3=O)cn2)c1C. The molecule has 0 fully saturated rings. The highest BCUT2D eigenvalue weighted by Gasteiger charge is 2.12. The fourth-order valence-corrected chi connectivity index (χ4v) is 3.15. The van der Waals surface area contributed by atoms with E-state index in [0.717, 1.165) is 17.2 Å². The minimum absolute atomic E-state index is 0.155. The molecule has 0 aliphatic heterocycles. The highest BCUT2D eigenvalue weighted by Crippen LogP contribution is 2.15. The second kappa shape index (κ2) is 7.27. The summed E-state index contributed by atoms with van der Waals surface area (Å²) in [5, 5.41) is 3.17. The van der Waals surface area contributed by atoms with E-state index >= 15 is 0 Å². The summed E-state index contributed by atoms with van der Waals surface area (Å²) < 4.78 is 3.12. The smallest absolute Gasteiger partial charge is 0.261 e. The summed E-state index contributed by atoms with van der Waals surface area (Å²) in [6.45, 7) is 5.60. The number of anilines is 1. The molecule has 1 amide bonds. The summed E-state index contributed by atoms with van der Waals surface area (Å²) in [6.07, 6.45) is 4.42. The van der Waals surface area contributed by atoms with Crippen LogP contribution in [-0.4, -0.2) is 35.0 Å². The predicted molar refractivity (Wildman–Crippen MR) is 108 cm³/mol. The van der Waals surface area contributed by atoms with Crippen molar-refractivity contribution in [1.82, 2.24) is 29.1 Å². The van der Waals surface area contributed by atoms with Gasteiger partial charge in [-0.25, -0.2) is 19.9 Å². The summed E-state index contributed by atoms with van der Waals surface area (Å²) in [5.41, 5.74) is 2.64. The third-order valence-electron chi connectivity index (χ3n) is 4.68. The van der Waals surface area contributed by atoms with Gasteiger partial charge >= 0.3 is 0 Å². The highest BCUT2D eigenvalue weighted by atomic mass is 16.2. The molecule has 146 valence electrons. The van der Waals surface area contributed by atoms with Crippen LogP contribution >= 0.6 is 0 Å². The average Bonchev–Trinajstić information content (AvgIpc) is 2.97. The Morgan fingerprint density at radius 2 is 1.79 bits per heavy atom. The van der Waals surface area contributed by atoms with Gasteiger partial charge in [-0.15, -0.1) is 0 Å². The number of hydrogen-bond donors (Lipinski definition) is 1. The molecule has 0 atom stereocenters. The molecule has 0 radical (unpaired) electrons. The minimum atomic E-state index is -0.369. The van der Waals surface area contributed by atoms with Gasteiger partial charge in [-0.3, -0.25) is 18.7 Å². The van der Waals surface area contributed by atoms with E-state index in [1.807, 2.05) is 31.4 Å². The number of rotatable bonds is 4. The lowest BCUT2D eigenvalue weighted by Gasteiger charge is -2.09. The van der Waals surface area contributed by atoms with Crippen LogP contribution in [0.5, 0.6) is 0 Å². The number of para-hydroxylation sites is 1. The number of aromatic nitrogens is 6. The quantitative estimate of drug-likeness (QED) is 0.571. The lowest BCUT2D eigenvalue weighted by molar-refractivity contribution is -0.116. The Labute approximate surface area is 166 Å². The molecule has 0 spiro atoms. The van der Waals surface area contributed by atoms with E-state index < -0.39 is 0 Å². The van der Waals surface area contributed by atoms with Crippen LogP contribution < -0.4 is 10.9 Å². The van der Waals surface area contributed by atoms with E-state index in [2.05, 4.69) is 25.3 Å². The Kier molecular flexibility index (Phi) is 4.63. The van der Waals surface area contributed by atoms with Crippen molar-refractivity contribution in [2.45, 2.75) is 27.3 Å². The number of hydrogen-bond acceptors (Lipinski definition) is 6. The van der Waals surface area contributed by atoms with Gasteiger partial charge in [0.1, 0.15) is 12.4 Å². The van der Waals surface area contributed by atoms with Crippen molar-refractivity contribution < 1.29 is 4.79 Å². The van der Waals surface area contributed by atoms with Crippen molar-refractivity contribution >= 4 is 22.5 Å². The predicted octanol–water partition coefficient (Wildman–Crippen LogP) is 1.94. The molecule has 0 unspecified atom stereocenters. The maximum atomic E-state index is 12.5. The zero-order valence-corrected chi connectivity index (χ0v) is 16.2. The lowest BCUT2D eigenvalue weighted by Crippen LogP contribution is -2.28. The molecule has 3 heterocycles. The number of aryl methyl sites for hydroxylation is 2. The molecule has 9 heteroatoms. The van der Waals surface area contributed by atoms with Crippen LogP contribution in [0, 0.1) is 20.8 Å². The fourth-order valence-electron chi connectivity index (χ4n) is 3.15. The molecule has 4 rings (SSSR count). The first-order valence-corrected chi connectivity index (χ1v) is 9.03. The van der Waals surface area contributed by atoms with Gasteiger partial charge in [-0.05, 0) is 32.9 Å². The normalized spacial score (nSPS) is 11.0. The summed E-state index contributed by atoms with van der Waals surface area (Å²) in [4.78, 5) is 42.1. The number of carbonyl (C=O) groups excluding carboxylic acids is 1. The monoisotopic (exact) mass is 389 g/mol. The van der Waals surface area contributed by atoms with Gasteiger partial charge in [-0.2, -0.15) is 0 Å². The van der Waals surface area contributed by atoms with Gasteiger partial charge in [-0.1, -0.05) is 12.1 Å². The Hall–Kier alpha value is -3.88. The summed E-state index contributed by atoms with van der Waals surface area (Å²) in [5.74, 6) is 0.903. The van der Waals surface area contributed by atoms with E-state index in [0.29, 0.717) is 22.5 Å². The van der Waals surface area contributed by atoms with E-state index in [9.17, 15) is 9.59 Å². The number of nitrogens with one attached hydrogen (secondary N) is 1. The molecule has 0 aliphatic carbocycles. The van der Waals surface area contributed by atoms with Gasteiger partial charge in [0, 0.05) is 5.69 Å². The molecule has 0 saturated heterocycles. The molecule has 3 aromatic heterocycles. The molecule has 4 aromatic rings. The second-order valence-electron chi connectivity index (χ2n) is 6.68. The maximum absolute atomic E-state index is 12.5. The van der Waals surface area contributed by atoms with Gasteiger partial charge in [0.25, 0.3) is 5.56 Å². The van der Waals surface area contributed by atoms with E-state index in [-0.39, 0.29) is 18.0 Å². The Morgan fingerprint density at radius 1 is 1.07 bits per heavy atom. The highest BCUT2D eigenvalue weighted by molar-refractivity contribution is 5.90. The van der Waals surface area contributed by atoms with Crippen LogP contribution in [0.15, 0.2) is 47.8 Å². The average molecular weight is 389 g/mol. The topological polar surface area (TPSA) is 108 Å². The largest absolute Gasteiger partial charge is 0.322 e. The Balaban J connectivity index is 1.51. The molecule has 29 heavy (non-hydrogen) atoms. The number of carbonyl (C=O) groups is 1. The third kappa shape index (κ3) is 3.49.